The predicted octanol–water partition coefficient (Wildman–Crippen LogP) is -0.233. The van der Waals surface area contributed by atoms with Gasteiger partial charge in [-0.15, -0.1) is 0 Å². The summed E-state index contributed by atoms with van der Waals surface area (Å²) in [6.45, 7) is 2.22. The molecule has 0 amide bonds. The van der Waals surface area contributed by atoms with Crippen molar-refractivity contribution in [3.05, 3.63) is 0 Å². The van der Waals surface area contributed by atoms with E-state index in [1.165, 1.54) is 8.61 Å². The molecule has 0 spiro atoms. The first-order valence-corrected chi connectivity index (χ1v) is 7.94. The maximum atomic E-state index is 12.6. The van der Waals surface area contributed by atoms with Crippen LogP contribution in [-0.2, 0) is 14.9 Å². The van der Waals surface area contributed by atoms with Gasteiger partial charge in [-0.25, -0.2) is 0 Å². The molecule has 7 heteroatoms. The molecule has 0 aromatic carbocycles. The number of hydrogen-bond donors (Lipinski definition) is 1. The Morgan fingerprint density at radius 2 is 1.83 bits per heavy atom. The quantitative estimate of drug-likeness (QED) is 0.770. The van der Waals surface area contributed by atoms with Crippen LogP contribution in [0.25, 0.3) is 0 Å². The number of hydrogen-bond acceptors (Lipinski definition) is 4. The van der Waals surface area contributed by atoms with Crippen LogP contribution in [0.3, 0.4) is 0 Å². The molecule has 1 aliphatic carbocycles. The second-order valence-electron chi connectivity index (χ2n) is 5.12. The van der Waals surface area contributed by atoms with Crippen molar-refractivity contribution >= 4 is 10.2 Å². The first kappa shape index (κ1) is 14.2. The van der Waals surface area contributed by atoms with Crippen LogP contribution in [-0.4, -0.2) is 62.5 Å². The fourth-order valence-electron chi connectivity index (χ4n) is 2.88. The average Bonchev–Trinajstić information content (AvgIpc) is 2.88. The lowest BCUT2D eigenvalue weighted by Gasteiger charge is -2.40. The predicted molar refractivity (Wildman–Crippen MR) is 69.3 cm³/mol. The highest BCUT2D eigenvalue weighted by molar-refractivity contribution is 7.86. The van der Waals surface area contributed by atoms with E-state index in [4.69, 9.17) is 10.5 Å². The molecule has 0 aromatic rings. The van der Waals surface area contributed by atoms with Crippen LogP contribution in [0, 0.1) is 0 Å². The largest absolute Gasteiger partial charge is 0.379 e. The molecule has 2 fully saturated rings. The number of nitrogens with zero attached hydrogens (tertiary/aromatic N) is 2. The molecule has 1 aliphatic heterocycles. The van der Waals surface area contributed by atoms with Gasteiger partial charge in [-0.2, -0.15) is 17.0 Å². The Bertz CT molecular complexity index is 373. The zero-order chi connectivity index (χ0) is 13.2. The lowest BCUT2D eigenvalue weighted by atomic mass is 9.98. The summed E-state index contributed by atoms with van der Waals surface area (Å²) in [4.78, 5) is 0. The molecule has 0 bridgehead atoms. The minimum absolute atomic E-state index is 0.378. The van der Waals surface area contributed by atoms with E-state index in [2.05, 4.69) is 0 Å². The zero-order valence-corrected chi connectivity index (χ0v) is 11.8. The summed E-state index contributed by atoms with van der Waals surface area (Å²) in [6.07, 6.45) is 3.84. The Hall–Kier alpha value is -0.210. The van der Waals surface area contributed by atoms with Crippen molar-refractivity contribution in [3.8, 4) is 0 Å². The van der Waals surface area contributed by atoms with Crippen LogP contribution in [0.2, 0.25) is 0 Å². The summed E-state index contributed by atoms with van der Waals surface area (Å²) in [7, 11) is -1.74. The van der Waals surface area contributed by atoms with E-state index < -0.39 is 10.2 Å². The SMILES string of the molecule is CN(C1(CN)CCCC1)S(=O)(=O)N1CCOCC1. The molecule has 1 saturated carbocycles. The van der Waals surface area contributed by atoms with Gasteiger partial charge in [0, 0.05) is 32.2 Å². The normalized spacial score (nSPS) is 25.7. The zero-order valence-electron chi connectivity index (χ0n) is 11.0. The van der Waals surface area contributed by atoms with E-state index in [9.17, 15) is 8.42 Å². The smallest absolute Gasteiger partial charge is 0.282 e. The number of morpholine rings is 1. The van der Waals surface area contributed by atoms with E-state index in [1.807, 2.05) is 0 Å². The number of ether oxygens (including phenoxy) is 1. The van der Waals surface area contributed by atoms with E-state index in [1.54, 1.807) is 7.05 Å². The van der Waals surface area contributed by atoms with Crippen LogP contribution in [0.15, 0.2) is 0 Å². The van der Waals surface area contributed by atoms with Crippen LogP contribution in [0.4, 0.5) is 0 Å². The van der Waals surface area contributed by atoms with Crippen molar-refractivity contribution in [1.29, 1.82) is 0 Å². The fraction of sp³-hybridized carbons (Fsp3) is 1.00. The second kappa shape index (κ2) is 5.42. The minimum Gasteiger partial charge on any atom is -0.379 e. The van der Waals surface area contributed by atoms with Crippen molar-refractivity contribution in [1.82, 2.24) is 8.61 Å². The van der Waals surface area contributed by atoms with Gasteiger partial charge in [0.25, 0.3) is 10.2 Å². The van der Waals surface area contributed by atoms with Gasteiger partial charge in [-0.05, 0) is 12.8 Å². The maximum Gasteiger partial charge on any atom is 0.282 e. The Kier molecular flexibility index (Phi) is 4.28. The third-order valence-corrected chi connectivity index (χ3v) is 6.32. The van der Waals surface area contributed by atoms with E-state index >= 15 is 0 Å². The minimum atomic E-state index is -3.41. The third kappa shape index (κ3) is 2.42. The van der Waals surface area contributed by atoms with Gasteiger partial charge >= 0.3 is 0 Å². The Labute approximate surface area is 109 Å². The van der Waals surface area contributed by atoms with Gasteiger partial charge < -0.3 is 10.5 Å². The average molecular weight is 277 g/mol. The Morgan fingerprint density at radius 1 is 1.28 bits per heavy atom. The molecular weight excluding hydrogens is 254 g/mol. The van der Waals surface area contributed by atoms with Crippen molar-refractivity contribution < 1.29 is 13.2 Å². The highest BCUT2D eigenvalue weighted by atomic mass is 32.2. The van der Waals surface area contributed by atoms with Gasteiger partial charge in [0.05, 0.1) is 13.2 Å². The summed E-state index contributed by atoms with van der Waals surface area (Å²) < 4.78 is 33.4. The summed E-state index contributed by atoms with van der Waals surface area (Å²) in [5, 5.41) is 0. The van der Waals surface area contributed by atoms with Crippen molar-refractivity contribution in [2.45, 2.75) is 31.2 Å². The van der Waals surface area contributed by atoms with Gasteiger partial charge in [0.15, 0.2) is 0 Å². The van der Waals surface area contributed by atoms with E-state index in [0.717, 1.165) is 25.7 Å². The first-order chi connectivity index (χ1) is 8.53. The van der Waals surface area contributed by atoms with Gasteiger partial charge in [-0.1, -0.05) is 12.8 Å². The van der Waals surface area contributed by atoms with Crippen LogP contribution in [0.1, 0.15) is 25.7 Å². The number of nitrogens with two attached hydrogens (primary N) is 1. The molecular formula is C11H23N3O3S. The monoisotopic (exact) mass is 277 g/mol. The molecule has 1 saturated heterocycles. The first-order valence-electron chi connectivity index (χ1n) is 6.55. The number of likely N-dealkylation sites (N-methyl/N-ethyl adjacent to an activating group) is 1. The van der Waals surface area contributed by atoms with Crippen LogP contribution >= 0.6 is 0 Å². The third-order valence-electron chi connectivity index (χ3n) is 4.22. The highest BCUT2D eigenvalue weighted by Crippen LogP contribution is 2.35. The molecule has 0 atom stereocenters. The fourth-order valence-corrected chi connectivity index (χ4v) is 4.58. The van der Waals surface area contributed by atoms with E-state index in [0.29, 0.717) is 32.8 Å². The second-order valence-corrected chi connectivity index (χ2v) is 7.08. The van der Waals surface area contributed by atoms with E-state index in [-0.39, 0.29) is 5.54 Å². The van der Waals surface area contributed by atoms with Crippen molar-refractivity contribution in [2.24, 2.45) is 5.73 Å². The molecule has 1 heterocycles. The molecule has 2 N–H and O–H groups in total. The lowest BCUT2D eigenvalue weighted by molar-refractivity contribution is 0.0677. The molecule has 2 aliphatic rings. The number of rotatable bonds is 4. The molecule has 6 nitrogen and oxygen atoms in total. The Morgan fingerprint density at radius 3 is 2.33 bits per heavy atom. The topological polar surface area (TPSA) is 75.9 Å². The summed E-state index contributed by atoms with van der Waals surface area (Å²) >= 11 is 0. The highest BCUT2D eigenvalue weighted by Gasteiger charge is 2.44. The summed E-state index contributed by atoms with van der Waals surface area (Å²) in [5.41, 5.74) is 5.47. The molecule has 106 valence electrons. The molecule has 0 aromatic heterocycles. The Balaban J connectivity index is 2.17. The molecule has 0 unspecified atom stereocenters. The lowest BCUT2D eigenvalue weighted by Crippen LogP contribution is -2.58. The van der Waals surface area contributed by atoms with Crippen molar-refractivity contribution in [2.75, 3.05) is 39.9 Å². The molecule has 0 radical (unpaired) electrons. The molecule has 2 rings (SSSR count). The van der Waals surface area contributed by atoms with Gasteiger partial charge in [-0.3, -0.25) is 0 Å². The van der Waals surface area contributed by atoms with Gasteiger partial charge in [0.2, 0.25) is 0 Å². The van der Waals surface area contributed by atoms with Crippen LogP contribution < -0.4 is 5.73 Å². The van der Waals surface area contributed by atoms with Gasteiger partial charge in [0.1, 0.15) is 0 Å². The van der Waals surface area contributed by atoms with Crippen molar-refractivity contribution in [3.63, 3.8) is 0 Å². The van der Waals surface area contributed by atoms with Crippen LogP contribution in [0.5, 0.6) is 0 Å². The maximum absolute atomic E-state index is 12.6. The molecule has 18 heavy (non-hydrogen) atoms. The summed E-state index contributed by atoms with van der Waals surface area (Å²) in [6, 6.07) is 0. The standard InChI is InChI=1S/C11H23N3O3S/c1-13(11(10-12)4-2-3-5-11)18(15,16)14-6-8-17-9-7-14/h2-10,12H2,1H3. The summed E-state index contributed by atoms with van der Waals surface area (Å²) in [5.74, 6) is 0.